The first-order valence-electron chi connectivity index (χ1n) is 3.56. The molecule has 0 radical (unpaired) electrons. The first-order chi connectivity index (χ1) is 5.24. The van der Waals surface area contributed by atoms with E-state index in [-0.39, 0.29) is 5.75 Å². The number of phenolic OH excluding ortho intramolecular Hbond substituents is 1. The van der Waals surface area contributed by atoms with Crippen LogP contribution in [0.15, 0.2) is 24.3 Å². The van der Waals surface area contributed by atoms with Crippen LogP contribution in [0.4, 0.5) is 0 Å². The maximum absolute atomic E-state index is 8.97. The third-order valence-corrected chi connectivity index (χ3v) is 2.03. The fourth-order valence-corrected chi connectivity index (χ4v) is 0.988. The highest BCUT2D eigenvalue weighted by molar-refractivity contribution is 7.80. The van der Waals surface area contributed by atoms with Gasteiger partial charge in [-0.05, 0) is 24.1 Å². The van der Waals surface area contributed by atoms with E-state index >= 15 is 0 Å². The maximum Gasteiger partial charge on any atom is 0.115 e. The van der Waals surface area contributed by atoms with Gasteiger partial charge in [0.2, 0.25) is 0 Å². The first kappa shape index (κ1) is 8.21. The molecular weight excluding hydrogens is 156 g/mol. The first-order valence-corrected chi connectivity index (χ1v) is 3.97. The van der Waals surface area contributed by atoms with Gasteiger partial charge in [0.05, 0.1) is 0 Å². The normalized spacial score (nSPS) is 9.55. The van der Waals surface area contributed by atoms with Crippen molar-refractivity contribution in [2.45, 2.75) is 13.3 Å². The number of hydrogen-bond acceptors (Lipinski definition) is 2. The van der Waals surface area contributed by atoms with Crippen molar-refractivity contribution in [1.29, 1.82) is 0 Å². The molecule has 0 aliphatic carbocycles. The monoisotopic (exact) mass is 166 g/mol. The van der Waals surface area contributed by atoms with Crippen LogP contribution in [0.5, 0.6) is 5.75 Å². The van der Waals surface area contributed by atoms with E-state index in [1.165, 1.54) is 0 Å². The number of hydrogen-bond donors (Lipinski definition) is 1. The van der Waals surface area contributed by atoms with Crippen LogP contribution in [-0.4, -0.2) is 9.97 Å². The summed E-state index contributed by atoms with van der Waals surface area (Å²) in [5.74, 6) is 0.285. The number of thiocarbonyl (C=S) groups is 1. The minimum absolute atomic E-state index is 0.285. The van der Waals surface area contributed by atoms with Crippen LogP contribution in [0.25, 0.3) is 0 Å². The molecule has 1 rings (SSSR count). The highest BCUT2D eigenvalue weighted by atomic mass is 32.1. The largest absolute Gasteiger partial charge is 0.508 e. The van der Waals surface area contributed by atoms with Gasteiger partial charge in [0, 0.05) is 4.86 Å². The molecule has 58 valence electrons. The van der Waals surface area contributed by atoms with Crippen molar-refractivity contribution in [3.05, 3.63) is 29.8 Å². The molecular formula is C9H10OS. The average Bonchev–Trinajstić information content (AvgIpc) is 2.05. The fourth-order valence-electron chi connectivity index (χ4n) is 0.851. The Hall–Kier alpha value is -0.890. The molecule has 0 heterocycles. The molecule has 0 amide bonds. The van der Waals surface area contributed by atoms with Crippen LogP contribution in [0, 0.1) is 0 Å². The summed E-state index contributed by atoms with van der Waals surface area (Å²) in [5.41, 5.74) is 1.03. The molecule has 0 fully saturated rings. The van der Waals surface area contributed by atoms with E-state index in [2.05, 4.69) is 0 Å². The zero-order chi connectivity index (χ0) is 8.27. The molecule has 1 N–H and O–H groups in total. The Labute approximate surface area is 71.7 Å². The number of aromatic hydroxyl groups is 1. The summed E-state index contributed by atoms with van der Waals surface area (Å²) in [5, 5.41) is 8.97. The van der Waals surface area contributed by atoms with E-state index in [1.807, 2.05) is 19.1 Å². The second-order valence-corrected chi connectivity index (χ2v) is 2.82. The Morgan fingerprint density at radius 3 is 2.36 bits per heavy atom. The molecule has 0 saturated heterocycles. The molecule has 0 aliphatic rings. The quantitative estimate of drug-likeness (QED) is 0.538. The summed E-state index contributed by atoms with van der Waals surface area (Å²) < 4.78 is 0. The van der Waals surface area contributed by atoms with Gasteiger partial charge in [-0.2, -0.15) is 0 Å². The van der Waals surface area contributed by atoms with E-state index in [4.69, 9.17) is 17.3 Å². The predicted molar refractivity (Wildman–Crippen MR) is 50.1 cm³/mol. The standard InChI is InChI=1S/C9H10OS/c1-2-9(11)7-3-5-8(10)6-4-7/h3-6,10H,2H2,1H3. The predicted octanol–water partition coefficient (Wildman–Crippen LogP) is 2.52. The van der Waals surface area contributed by atoms with E-state index in [9.17, 15) is 0 Å². The van der Waals surface area contributed by atoms with E-state index in [0.29, 0.717) is 0 Å². The molecule has 11 heavy (non-hydrogen) atoms. The van der Waals surface area contributed by atoms with E-state index in [0.717, 1.165) is 16.8 Å². The fraction of sp³-hybridized carbons (Fsp3) is 0.222. The lowest BCUT2D eigenvalue weighted by molar-refractivity contribution is 0.475. The van der Waals surface area contributed by atoms with Gasteiger partial charge in [-0.1, -0.05) is 31.3 Å². The summed E-state index contributed by atoms with van der Waals surface area (Å²) in [6.07, 6.45) is 0.875. The van der Waals surface area contributed by atoms with E-state index in [1.54, 1.807) is 12.1 Å². The molecule has 0 spiro atoms. The highest BCUT2D eigenvalue weighted by Gasteiger charge is 1.96. The van der Waals surface area contributed by atoms with Crippen molar-refractivity contribution < 1.29 is 5.11 Å². The van der Waals surface area contributed by atoms with Crippen molar-refractivity contribution >= 4 is 17.1 Å². The smallest absolute Gasteiger partial charge is 0.115 e. The van der Waals surface area contributed by atoms with Gasteiger partial charge >= 0.3 is 0 Å². The highest BCUT2D eigenvalue weighted by Crippen LogP contribution is 2.11. The summed E-state index contributed by atoms with van der Waals surface area (Å²) >= 11 is 5.08. The van der Waals surface area contributed by atoms with Crippen molar-refractivity contribution in [2.24, 2.45) is 0 Å². The van der Waals surface area contributed by atoms with Gasteiger partial charge in [-0.25, -0.2) is 0 Å². The van der Waals surface area contributed by atoms with Crippen molar-refractivity contribution in [3.63, 3.8) is 0 Å². The van der Waals surface area contributed by atoms with Crippen molar-refractivity contribution in [2.75, 3.05) is 0 Å². The lowest BCUT2D eigenvalue weighted by atomic mass is 10.1. The topological polar surface area (TPSA) is 20.2 Å². The van der Waals surface area contributed by atoms with Gasteiger partial charge in [0.1, 0.15) is 5.75 Å². The summed E-state index contributed by atoms with van der Waals surface area (Å²) in [6.45, 7) is 2.02. The number of rotatable bonds is 2. The zero-order valence-electron chi connectivity index (χ0n) is 6.37. The van der Waals surface area contributed by atoms with Crippen LogP contribution in [0.2, 0.25) is 0 Å². The number of benzene rings is 1. The molecule has 0 saturated carbocycles. The average molecular weight is 166 g/mol. The minimum atomic E-state index is 0.285. The van der Waals surface area contributed by atoms with Crippen LogP contribution in [0.3, 0.4) is 0 Å². The summed E-state index contributed by atoms with van der Waals surface area (Å²) in [7, 11) is 0. The molecule has 1 aromatic carbocycles. The van der Waals surface area contributed by atoms with Crippen LogP contribution in [-0.2, 0) is 0 Å². The van der Waals surface area contributed by atoms with Crippen molar-refractivity contribution in [1.82, 2.24) is 0 Å². The van der Waals surface area contributed by atoms with Crippen molar-refractivity contribution in [3.8, 4) is 5.75 Å². The SMILES string of the molecule is CCC(=S)c1ccc(O)cc1. The Morgan fingerprint density at radius 1 is 1.36 bits per heavy atom. The molecule has 1 nitrogen and oxygen atoms in total. The van der Waals surface area contributed by atoms with Gasteiger partial charge in [-0.15, -0.1) is 0 Å². The van der Waals surface area contributed by atoms with E-state index < -0.39 is 0 Å². The number of phenols is 1. The lowest BCUT2D eigenvalue weighted by Gasteiger charge is -1.99. The van der Waals surface area contributed by atoms with Gasteiger partial charge < -0.3 is 5.11 Å². The second kappa shape index (κ2) is 3.49. The molecule has 0 unspecified atom stereocenters. The van der Waals surface area contributed by atoms with Gasteiger partial charge in [-0.3, -0.25) is 0 Å². The Morgan fingerprint density at radius 2 is 1.91 bits per heavy atom. The minimum Gasteiger partial charge on any atom is -0.508 e. The third kappa shape index (κ3) is 2.02. The molecule has 2 heteroatoms. The van der Waals surface area contributed by atoms with Crippen LogP contribution in [0.1, 0.15) is 18.9 Å². The summed E-state index contributed by atoms with van der Waals surface area (Å²) in [4.78, 5) is 0.935. The Balaban J connectivity index is 2.90. The lowest BCUT2D eigenvalue weighted by Crippen LogP contribution is -1.92. The second-order valence-electron chi connectivity index (χ2n) is 2.32. The van der Waals surface area contributed by atoms with Gasteiger partial charge in [0.25, 0.3) is 0 Å². The van der Waals surface area contributed by atoms with Gasteiger partial charge in [0.15, 0.2) is 0 Å². The zero-order valence-corrected chi connectivity index (χ0v) is 7.19. The third-order valence-electron chi connectivity index (χ3n) is 1.51. The molecule has 1 aromatic rings. The molecule has 0 bridgehead atoms. The Kier molecular flexibility index (Phi) is 2.60. The summed E-state index contributed by atoms with van der Waals surface area (Å²) in [6, 6.07) is 6.97. The van der Waals surface area contributed by atoms with Crippen LogP contribution < -0.4 is 0 Å². The molecule has 0 atom stereocenters. The van der Waals surface area contributed by atoms with Crippen LogP contribution >= 0.6 is 12.2 Å². The molecule has 0 aromatic heterocycles. The molecule has 0 aliphatic heterocycles. The Bertz CT molecular complexity index is 251. The maximum atomic E-state index is 8.97.